The number of nitrogens with zero attached hydrogens (tertiary/aromatic N) is 2. The molecule has 3 aromatic rings. The van der Waals surface area contributed by atoms with Gasteiger partial charge in [0.25, 0.3) is 0 Å². The third-order valence-corrected chi connectivity index (χ3v) is 4.20. The number of benzene rings is 2. The zero-order chi connectivity index (χ0) is 16.2. The minimum atomic E-state index is 0.576. The monoisotopic (exact) mass is 368 g/mol. The van der Waals surface area contributed by atoms with E-state index in [4.69, 9.17) is 0 Å². The molecule has 4 nitrogen and oxygen atoms in total. The van der Waals surface area contributed by atoms with E-state index in [9.17, 15) is 0 Å². The highest BCUT2D eigenvalue weighted by Gasteiger charge is 2.04. The molecule has 0 fully saturated rings. The Kier molecular flexibility index (Phi) is 4.57. The number of aromatic nitrogens is 2. The van der Waals surface area contributed by atoms with Gasteiger partial charge in [0.15, 0.2) is 0 Å². The Balaban J connectivity index is 1.83. The molecule has 0 atom stereocenters. The summed E-state index contributed by atoms with van der Waals surface area (Å²) in [6.45, 7) is 4.01. The Labute approximate surface area is 144 Å². The summed E-state index contributed by atoms with van der Waals surface area (Å²) in [5, 5.41) is 6.55. The minimum Gasteiger partial charge on any atom is -0.340 e. The fourth-order valence-electron chi connectivity index (χ4n) is 2.21. The molecule has 1 aromatic heterocycles. The van der Waals surface area contributed by atoms with Crippen LogP contribution in [0.15, 0.2) is 59.1 Å². The van der Waals surface area contributed by atoms with Crippen molar-refractivity contribution in [3.8, 4) is 0 Å². The summed E-state index contributed by atoms with van der Waals surface area (Å²) in [7, 11) is 0. The van der Waals surface area contributed by atoms with Crippen LogP contribution in [0.25, 0.3) is 0 Å². The van der Waals surface area contributed by atoms with Gasteiger partial charge in [0, 0.05) is 27.6 Å². The average molecular weight is 369 g/mol. The zero-order valence-corrected chi connectivity index (χ0v) is 14.6. The number of para-hydroxylation sites is 1. The SMILES string of the molecule is Cc1cc(Nc2ccc(Br)c(C)c2)nc(Nc2ccccc2)n1. The lowest BCUT2D eigenvalue weighted by molar-refractivity contribution is 1.11. The second-order valence-electron chi connectivity index (χ2n) is 5.30. The van der Waals surface area contributed by atoms with Gasteiger partial charge in [-0.3, -0.25) is 0 Å². The molecule has 0 aliphatic carbocycles. The lowest BCUT2D eigenvalue weighted by Crippen LogP contribution is -2.02. The van der Waals surface area contributed by atoms with Gasteiger partial charge >= 0.3 is 0 Å². The van der Waals surface area contributed by atoms with E-state index >= 15 is 0 Å². The van der Waals surface area contributed by atoms with E-state index in [-0.39, 0.29) is 0 Å². The van der Waals surface area contributed by atoms with Crippen LogP contribution in [-0.2, 0) is 0 Å². The van der Waals surface area contributed by atoms with E-state index in [1.54, 1.807) is 0 Å². The molecule has 0 radical (unpaired) electrons. The molecular weight excluding hydrogens is 352 g/mol. The number of aryl methyl sites for hydroxylation is 2. The van der Waals surface area contributed by atoms with Crippen LogP contribution in [0.1, 0.15) is 11.3 Å². The molecule has 0 aliphatic rings. The Bertz CT molecular complexity index is 819. The van der Waals surface area contributed by atoms with Gasteiger partial charge in [0.1, 0.15) is 5.82 Å². The third-order valence-electron chi connectivity index (χ3n) is 3.31. The van der Waals surface area contributed by atoms with Gasteiger partial charge in [-0.25, -0.2) is 4.98 Å². The van der Waals surface area contributed by atoms with E-state index in [2.05, 4.69) is 49.5 Å². The van der Waals surface area contributed by atoms with Crippen LogP contribution in [-0.4, -0.2) is 9.97 Å². The lowest BCUT2D eigenvalue weighted by Gasteiger charge is -2.11. The van der Waals surface area contributed by atoms with Gasteiger partial charge in [-0.2, -0.15) is 4.98 Å². The number of hydrogen-bond acceptors (Lipinski definition) is 4. The van der Waals surface area contributed by atoms with E-state index in [1.807, 2.05) is 55.5 Å². The summed E-state index contributed by atoms with van der Waals surface area (Å²) in [6, 6.07) is 17.9. The Morgan fingerprint density at radius 2 is 1.61 bits per heavy atom. The molecule has 116 valence electrons. The molecular formula is C18H17BrN4. The first kappa shape index (κ1) is 15.5. The van der Waals surface area contributed by atoms with Crippen molar-refractivity contribution in [2.24, 2.45) is 0 Å². The number of anilines is 4. The Morgan fingerprint density at radius 1 is 0.826 bits per heavy atom. The second-order valence-corrected chi connectivity index (χ2v) is 6.15. The highest BCUT2D eigenvalue weighted by Crippen LogP contribution is 2.23. The van der Waals surface area contributed by atoms with Crippen LogP contribution in [0.5, 0.6) is 0 Å². The van der Waals surface area contributed by atoms with Crippen LogP contribution in [0.3, 0.4) is 0 Å². The maximum atomic E-state index is 4.53. The molecule has 23 heavy (non-hydrogen) atoms. The molecule has 1 heterocycles. The van der Waals surface area contributed by atoms with E-state index < -0.39 is 0 Å². The minimum absolute atomic E-state index is 0.576. The second kappa shape index (κ2) is 6.79. The van der Waals surface area contributed by atoms with Crippen molar-refractivity contribution in [2.45, 2.75) is 13.8 Å². The Hall–Kier alpha value is -2.40. The van der Waals surface area contributed by atoms with Crippen molar-refractivity contribution in [3.63, 3.8) is 0 Å². The summed E-state index contributed by atoms with van der Waals surface area (Å²) in [5.74, 6) is 1.34. The molecule has 0 aliphatic heterocycles. The first-order chi connectivity index (χ1) is 11.1. The molecule has 0 amide bonds. The predicted octanol–water partition coefficient (Wildman–Crippen LogP) is 5.34. The summed E-state index contributed by atoms with van der Waals surface area (Å²) >= 11 is 3.51. The van der Waals surface area contributed by atoms with Crippen LogP contribution < -0.4 is 10.6 Å². The molecule has 5 heteroatoms. The first-order valence-electron chi connectivity index (χ1n) is 7.31. The normalized spacial score (nSPS) is 10.4. The molecule has 3 rings (SSSR count). The molecule has 0 bridgehead atoms. The standard InChI is InChI=1S/C18H17BrN4/c1-12-10-15(8-9-16(12)19)21-17-11-13(2)20-18(23-17)22-14-6-4-3-5-7-14/h3-11H,1-2H3,(H2,20,21,22,23). The quantitative estimate of drug-likeness (QED) is 0.652. The number of nitrogens with one attached hydrogen (secondary N) is 2. The fraction of sp³-hybridized carbons (Fsp3) is 0.111. The van der Waals surface area contributed by atoms with Crippen LogP contribution >= 0.6 is 15.9 Å². The van der Waals surface area contributed by atoms with Crippen molar-refractivity contribution in [1.29, 1.82) is 0 Å². The molecule has 0 spiro atoms. The van der Waals surface area contributed by atoms with Crippen molar-refractivity contribution in [1.82, 2.24) is 9.97 Å². The van der Waals surface area contributed by atoms with Gasteiger partial charge < -0.3 is 10.6 Å². The topological polar surface area (TPSA) is 49.8 Å². The largest absolute Gasteiger partial charge is 0.340 e. The number of rotatable bonds is 4. The zero-order valence-electron chi connectivity index (χ0n) is 13.0. The fourth-order valence-corrected chi connectivity index (χ4v) is 2.46. The van der Waals surface area contributed by atoms with Crippen molar-refractivity contribution in [2.75, 3.05) is 10.6 Å². The highest BCUT2D eigenvalue weighted by atomic mass is 79.9. The molecule has 0 unspecified atom stereocenters. The van der Waals surface area contributed by atoms with E-state index in [0.717, 1.165) is 27.4 Å². The maximum Gasteiger partial charge on any atom is 0.229 e. The number of hydrogen-bond donors (Lipinski definition) is 2. The molecule has 2 aromatic carbocycles. The van der Waals surface area contributed by atoms with Gasteiger partial charge in [0.05, 0.1) is 0 Å². The van der Waals surface area contributed by atoms with Gasteiger partial charge in [0.2, 0.25) is 5.95 Å². The van der Waals surface area contributed by atoms with Crippen LogP contribution in [0, 0.1) is 13.8 Å². The molecule has 0 saturated heterocycles. The van der Waals surface area contributed by atoms with Crippen molar-refractivity contribution in [3.05, 3.63) is 70.3 Å². The summed E-state index contributed by atoms with van der Waals surface area (Å²) in [4.78, 5) is 8.96. The van der Waals surface area contributed by atoms with Gasteiger partial charge in [-0.05, 0) is 49.7 Å². The van der Waals surface area contributed by atoms with Crippen molar-refractivity contribution < 1.29 is 0 Å². The third kappa shape index (κ3) is 4.07. The smallest absolute Gasteiger partial charge is 0.229 e. The van der Waals surface area contributed by atoms with Crippen LogP contribution in [0.4, 0.5) is 23.1 Å². The predicted molar refractivity (Wildman–Crippen MR) is 98.7 cm³/mol. The maximum absolute atomic E-state index is 4.53. The van der Waals surface area contributed by atoms with E-state index in [0.29, 0.717) is 5.95 Å². The molecule has 0 saturated carbocycles. The number of halogens is 1. The summed E-state index contributed by atoms with van der Waals surface area (Å²) in [5.41, 5.74) is 4.02. The van der Waals surface area contributed by atoms with Gasteiger partial charge in [-0.15, -0.1) is 0 Å². The summed E-state index contributed by atoms with van der Waals surface area (Å²) < 4.78 is 1.09. The molecule has 2 N–H and O–H groups in total. The van der Waals surface area contributed by atoms with Crippen LogP contribution in [0.2, 0.25) is 0 Å². The highest BCUT2D eigenvalue weighted by molar-refractivity contribution is 9.10. The Morgan fingerprint density at radius 3 is 2.35 bits per heavy atom. The van der Waals surface area contributed by atoms with Gasteiger partial charge in [-0.1, -0.05) is 34.1 Å². The lowest BCUT2D eigenvalue weighted by atomic mass is 10.2. The van der Waals surface area contributed by atoms with Crippen molar-refractivity contribution >= 4 is 39.1 Å². The first-order valence-corrected chi connectivity index (χ1v) is 8.10. The van der Waals surface area contributed by atoms with E-state index in [1.165, 1.54) is 5.56 Å². The summed E-state index contributed by atoms with van der Waals surface area (Å²) in [6.07, 6.45) is 0. The average Bonchev–Trinajstić information content (AvgIpc) is 2.51.